The molecule has 1 fully saturated rings. The Morgan fingerprint density at radius 3 is 2.52 bits per heavy atom. The minimum absolute atomic E-state index is 0.0439. The van der Waals surface area contributed by atoms with Gasteiger partial charge in [0, 0.05) is 31.8 Å². The SMILES string of the molecule is CC1(C)CC(NC(=O)CCNC(=O)N2CC(=O)Nc3ccccc32)CC(C)(C)[NH2+]1. The monoisotopic (exact) mass is 402 g/mol. The zero-order valence-electron chi connectivity index (χ0n) is 17.7. The molecule has 0 aromatic heterocycles. The molecule has 8 heteroatoms. The second kappa shape index (κ2) is 8.02. The number of para-hydroxylation sites is 2. The molecule has 0 atom stereocenters. The molecule has 0 bridgehead atoms. The first-order valence-electron chi connectivity index (χ1n) is 10.2. The molecule has 2 aliphatic heterocycles. The van der Waals surface area contributed by atoms with Crippen LogP contribution in [0.2, 0.25) is 0 Å². The van der Waals surface area contributed by atoms with E-state index >= 15 is 0 Å². The number of hydrogen-bond acceptors (Lipinski definition) is 3. The summed E-state index contributed by atoms with van der Waals surface area (Å²) in [7, 11) is 0. The Bertz CT molecular complexity index is 789. The second-order valence-corrected chi connectivity index (χ2v) is 9.43. The van der Waals surface area contributed by atoms with E-state index in [4.69, 9.17) is 0 Å². The van der Waals surface area contributed by atoms with Crippen LogP contribution in [0.5, 0.6) is 0 Å². The summed E-state index contributed by atoms with van der Waals surface area (Å²) in [6, 6.07) is 6.90. The fraction of sp³-hybridized carbons (Fsp3) is 0.571. The number of fused-ring (bicyclic) bond motifs is 1. The minimum atomic E-state index is -0.380. The lowest BCUT2D eigenvalue weighted by Gasteiger charge is -2.43. The predicted octanol–water partition coefficient (Wildman–Crippen LogP) is 0.944. The van der Waals surface area contributed by atoms with E-state index < -0.39 is 0 Å². The van der Waals surface area contributed by atoms with E-state index in [1.54, 1.807) is 18.2 Å². The Labute approximate surface area is 171 Å². The van der Waals surface area contributed by atoms with Crippen molar-refractivity contribution in [3.05, 3.63) is 24.3 Å². The number of nitrogens with one attached hydrogen (secondary N) is 3. The summed E-state index contributed by atoms with van der Waals surface area (Å²) < 4.78 is 0. The van der Waals surface area contributed by atoms with Crippen LogP contribution in [0.25, 0.3) is 0 Å². The number of quaternary nitrogens is 1. The Balaban J connectivity index is 1.49. The van der Waals surface area contributed by atoms with Crippen molar-refractivity contribution >= 4 is 29.2 Å². The number of hydrogen-bond donors (Lipinski definition) is 4. The van der Waals surface area contributed by atoms with Crippen LogP contribution in [-0.4, -0.2) is 48.1 Å². The number of urea groups is 1. The van der Waals surface area contributed by atoms with Crippen molar-refractivity contribution in [1.82, 2.24) is 10.6 Å². The summed E-state index contributed by atoms with van der Waals surface area (Å²) in [5.41, 5.74) is 1.42. The number of rotatable bonds is 4. The van der Waals surface area contributed by atoms with E-state index in [-0.39, 0.29) is 54.5 Å². The number of anilines is 2. The number of carbonyl (C=O) groups is 3. The van der Waals surface area contributed by atoms with Crippen LogP contribution in [0, 0.1) is 0 Å². The van der Waals surface area contributed by atoms with Gasteiger partial charge in [-0.3, -0.25) is 14.5 Å². The molecule has 0 unspecified atom stereocenters. The van der Waals surface area contributed by atoms with Gasteiger partial charge in [-0.2, -0.15) is 0 Å². The molecular weight excluding hydrogens is 370 g/mol. The summed E-state index contributed by atoms with van der Waals surface area (Å²) in [5.74, 6) is -0.309. The van der Waals surface area contributed by atoms with E-state index in [0.29, 0.717) is 11.4 Å². The van der Waals surface area contributed by atoms with Crippen molar-refractivity contribution in [3.8, 4) is 0 Å². The third kappa shape index (κ3) is 5.47. The largest absolute Gasteiger partial charge is 0.353 e. The molecule has 0 aliphatic carbocycles. The molecule has 1 aromatic carbocycles. The number of carbonyl (C=O) groups excluding carboxylic acids is 3. The predicted molar refractivity (Wildman–Crippen MR) is 112 cm³/mol. The molecule has 1 saturated heterocycles. The first-order chi connectivity index (χ1) is 13.5. The minimum Gasteiger partial charge on any atom is -0.353 e. The highest BCUT2D eigenvalue weighted by Gasteiger charge is 2.42. The van der Waals surface area contributed by atoms with Gasteiger partial charge in [0.1, 0.15) is 6.54 Å². The van der Waals surface area contributed by atoms with Crippen molar-refractivity contribution in [2.45, 2.75) is 64.1 Å². The van der Waals surface area contributed by atoms with Gasteiger partial charge in [-0.15, -0.1) is 0 Å². The number of benzene rings is 1. The van der Waals surface area contributed by atoms with Crippen molar-refractivity contribution < 1.29 is 19.7 Å². The summed E-state index contributed by atoms with van der Waals surface area (Å²) in [5, 5.41) is 11.0. The molecule has 0 saturated carbocycles. The highest BCUT2D eigenvalue weighted by Crippen LogP contribution is 2.28. The van der Waals surface area contributed by atoms with Crippen LogP contribution in [0.3, 0.4) is 0 Å². The fourth-order valence-electron chi connectivity index (χ4n) is 4.71. The van der Waals surface area contributed by atoms with Gasteiger partial charge in [0.05, 0.1) is 22.5 Å². The van der Waals surface area contributed by atoms with E-state index in [1.165, 1.54) is 4.90 Å². The van der Waals surface area contributed by atoms with E-state index in [9.17, 15) is 14.4 Å². The quantitative estimate of drug-likeness (QED) is 0.602. The number of nitrogens with zero attached hydrogens (tertiary/aromatic N) is 1. The third-order valence-corrected chi connectivity index (χ3v) is 5.34. The average molecular weight is 403 g/mol. The molecule has 2 heterocycles. The molecule has 0 spiro atoms. The number of piperidine rings is 1. The lowest BCUT2D eigenvalue weighted by molar-refractivity contribution is -0.787. The van der Waals surface area contributed by atoms with Crippen molar-refractivity contribution in [2.75, 3.05) is 23.3 Å². The molecule has 4 amide bonds. The van der Waals surface area contributed by atoms with Gasteiger partial charge in [0.2, 0.25) is 11.8 Å². The molecule has 5 N–H and O–H groups in total. The normalized spacial score (nSPS) is 20.4. The first kappa shape index (κ1) is 21.1. The fourth-order valence-corrected chi connectivity index (χ4v) is 4.71. The second-order valence-electron chi connectivity index (χ2n) is 9.43. The first-order valence-corrected chi connectivity index (χ1v) is 10.2. The van der Waals surface area contributed by atoms with Crippen LogP contribution in [0.1, 0.15) is 47.0 Å². The van der Waals surface area contributed by atoms with E-state index in [2.05, 4.69) is 49.0 Å². The van der Waals surface area contributed by atoms with Crippen LogP contribution in [0.4, 0.5) is 16.2 Å². The molecule has 29 heavy (non-hydrogen) atoms. The van der Waals surface area contributed by atoms with Gasteiger partial charge in [0.25, 0.3) is 0 Å². The van der Waals surface area contributed by atoms with Gasteiger partial charge in [-0.05, 0) is 39.8 Å². The highest BCUT2D eigenvalue weighted by atomic mass is 16.2. The Morgan fingerprint density at radius 2 is 1.83 bits per heavy atom. The Morgan fingerprint density at radius 1 is 1.17 bits per heavy atom. The van der Waals surface area contributed by atoms with Crippen molar-refractivity contribution in [2.24, 2.45) is 0 Å². The van der Waals surface area contributed by atoms with Crippen LogP contribution in [0.15, 0.2) is 24.3 Å². The summed E-state index contributed by atoms with van der Waals surface area (Å²) in [4.78, 5) is 38.2. The van der Waals surface area contributed by atoms with Crippen molar-refractivity contribution in [3.63, 3.8) is 0 Å². The molecule has 2 aliphatic rings. The summed E-state index contributed by atoms with van der Waals surface area (Å²) in [6.45, 7) is 8.95. The maximum absolute atomic E-state index is 12.5. The Hall–Kier alpha value is -2.61. The molecule has 8 nitrogen and oxygen atoms in total. The molecule has 158 valence electrons. The van der Waals surface area contributed by atoms with Gasteiger partial charge in [0.15, 0.2) is 0 Å². The highest BCUT2D eigenvalue weighted by molar-refractivity contribution is 6.09. The zero-order valence-corrected chi connectivity index (χ0v) is 17.7. The summed E-state index contributed by atoms with van der Waals surface area (Å²) in [6.07, 6.45) is 2.02. The van der Waals surface area contributed by atoms with Gasteiger partial charge < -0.3 is 21.3 Å². The molecule has 1 aromatic rings. The standard InChI is InChI=1S/C21H31N5O3/c1-20(2)11-14(12-21(3,4)25-20)23-17(27)9-10-22-19(29)26-13-18(28)24-15-7-5-6-8-16(15)26/h5-8,14,25H,9-13H2,1-4H3,(H,22,29)(H,23,27)(H,24,28)/p+1. The average Bonchev–Trinajstić information content (AvgIpc) is 2.57. The molecule has 0 radical (unpaired) electrons. The number of amides is 4. The van der Waals surface area contributed by atoms with Gasteiger partial charge in [-0.25, -0.2) is 4.79 Å². The lowest BCUT2D eigenvalue weighted by atomic mass is 9.79. The number of nitrogens with two attached hydrogens (primary N) is 1. The van der Waals surface area contributed by atoms with Gasteiger partial charge in [-0.1, -0.05) is 12.1 Å². The third-order valence-electron chi connectivity index (χ3n) is 5.34. The topological polar surface area (TPSA) is 107 Å². The van der Waals surface area contributed by atoms with E-state index in [1.807, 2.05) is 6.07 Å². The smallest absolute Gasteiger partial charge is 0.322 e. The van der Waals surface area contributed by atoms with Crippen LogP contribution in [-0.2, 0) is 9.59 Å². The van der Waals surface area contributed by atoms with Crippen LogP contribution < -0.4 is 26.2 Å². The zero-order chi connectivity index (χ0) is 21.2. The maximum atomic E-state index is 12.5. The molecular formula is C21H32N5O3+. The van der Waals surface area contributed by atoms with Crippen molar-refractivity contribution in [1.29, 1.82) is 0 Å². The van der Waals surface area contributed by atoms with E-state index in [0.717, 1.165) is 12.8 Å². The summed E-state index contributed by atoms with van der Waals surface area (Å²) >= 11 is 0. The molecule has 3 rings (SSSR count). The van der Waals surface area contributed by atoms with Crippen LogP contribution >= 0.6 is 0 Å². The van der Waals surface area contributed by atoms with Gasteiger partial charge >= 0.3 is 6.03 Å². The maximum Gasteiger partial charge on any atom is 0.322 e. The Kier molecular flexibility index (Phi) is 5.84. The lowest BCUT2D eigenvalue weighted by Crippen LogP contribution is -3.06.